The molecule has 0 amide bonds. The highest BCUT2D eigenvalue weighted by Crippen LogP contribution is 2.38. The van der Waals surface area contributed by atoms with Gasteiger partial charge in [-0.25, -0.2) is 0 Å². The molecule has 1 saturated heterocycles. The Morgan fingerprint density at radius 1 is 0.970 bits per heavy atom. The Kier molecular flexibility index (Phi) is 11.0. The minimum absolute atomic E-state index is 0. The number of hydrogen-bond donors (Lipinski definition) is 1. The van der Waals surface area contributed by atoms with Crippen molar-refractivity contribution in [2.75, 3.05) is 46.1 Å². The second-order valence-corrected chi connectivity index (χ2v) is 10.6. The van der Waals surface area contributed by atoms with Gasteiger partial charge in [0.25, 0.3) is 0 Å². The van der Waals surface area contributed by atoms with Crippen LogP contribution in [0.15, 0.2) is 18.2 Å². The number of aliphatic hydroxyl groups is 1. The van der Waals surface area contributed by atoms with Gasteiger partial charge in [-0.2, -0.15) is 0 Å². The highest BCUT2D eigenvalue weighted by atomic mass is 35.5. The van der Waals surface area contributed by atoms with Crippen LogP contribution in [0, 0.1) is 11.3 Å². The Morgan fingerprint density at radius 2 is 1.61 bits per heavy atom. The molecule has 2 heterocycles. The summed E-state index contributed by atoms with van der Waals surface area (Å²) in [6.07, 6.45) is 4.68. The van der Waals surface area contributed by atoms with Crippen molar-refractivity contribution in [2.24, 2.45) is 11.3 Å². The quantitative estimate of drug-likeness (QED) is 0.445. The molecule has 1 unspecified atom stereocenters. The molecule has 0 spiro atoms. The summed E-state index contributed by atoms with van der Waals surface area (Å²) in [4.78, 5) is 4.82. The van der Waals surface area contributed by atoms with Gasteiger partial charge in [0.05, 0.1) is 18.8 Å². The van der Waals surface area contributed by atoms with Crippen LogP contribution in [0.4, 0.5) is 0 Å². The SMILES string of the molecule is CC(C)(C)C1CCC(OCC(O)CN2CCN(Cc3ccc4c(c3)OCO4)CC2)CC1.[Cl-].[Cl-]. The summed E-state index contributed by atoms with van der Waals surface area (Å²) < 4.78 is 17.0. The number of nitrogens with zero attached hydrogens (tertiary/aromatic N) is 2. The number of ether oxygens (including phenoxy) is 3. The molecule has 0 aromatic heterocycles. The van der Waals surface area contributed by atoms with E-state index in [0.29, 0.717) is 31.5 Å². The maximum absolute atomic E-state index is 10.5. The zero-order valence-electron chi connectivity index (χ0n) is 20.3. The third-order valence-corrected chi connectivity index (χ3v) is 7.20. The highest BCUT2D eigenvalue weighted by Gasteiger charge is 2.30. The average Bonchev–Trinajstić information content (AvgIpc) is 3.21. The molecule has 1 saturated carbocycles. The number of fused-ring (bicyclic) bond motifs is 1. The second-order valence-electron chi connectivity index (χ2n) is 10.6. The number of benzene rings is 1. The van der Waals surface area contributed by atoms with Crippen LogP contribution in [0.2, 0.25) is 0 Å². The third-order valence-electron chi connectivity index (χ3n) is 7.20. The molecule has 6 nitrogen and oxygen atoms in total. The molecule has 0 radical (unpaired) electrons. The van der Waals surface area contributed by atoms with Crippen molar-refractivity contribution in [3.63, 3.8) is 0 Å². The van der Waals surface area contributed by atoms with E-state index >= 15 is 0 Å². The van der Waals surface area contributed by atoms with Gasteiger partial charge >= 0.3 is 0 Å². The van der Waals surface area contributed by atoms with Gasteiger partial charge in [-0.05, 0) is 54.7 Å². The van der Waals surface area contributed by atoms with Crippen LogP contribution in [0.1, 0.15) is 52.0 Å². The molecule has 8 heteroatoms. The van der Waals surface area contributed by atoms with Gasteiger partial charge in [0.1, 0.15) is 0 Å². The molecule has 1 N–H and O–H groups in total. The summed E-state index contributed by atoms with van der Waals surface area (Å²) in [6.45, 7) is 13.4. The van der Waals surface area contributed by atoms with Crippen molar-refractivity contribution in [1.82, 2.24) is 9.80 Å². The molecular formula is C25H40Cl2N2O4-2. The van der Waals surface area contributed by atoms with Crippen molar-refractivity contribution in [3.8, 4) is 11.5 Å². The normalized spacial score (nSPS) is 24.6. The monoisotopic (exact) mass is 502 g/mol. The predicted octanol–water partition coefficient (Wildman–Crippen LogP) is -2.48. The molecule has 1 aromatic carbocycles. The Balaban J connectivity index is 0.00000193. The molecule has 2 aliphatic heterocycles. The zero-order valence-corrected chi connectivity index (χ0v) is 21.8. The Morgan fingerprint density at radius 3 is 2.27 bits per heavy atom. The molecule has 190 valence electrons. The van der Waals surface area contributed by atoms with Crippen molar-refractivity contribution >= 4 is 0 Å². The topological polar surface area (TPSA) is 54.4 Å². The number of β-amino-alcohol motifs (C(OH)–C–C–N with tert-alkyl or cyclic N) is 1. The van der Waals surface area contributed by atoms with Crippen molar-refractivity contribution < 1.29 is 44.1 Å². The van der Waals surface area contributed by atoms with E-state index in [2.05, 4.69) is 42.7 Å². The minimum Gasteiger partial charge on any atom is -1.00 e. The number of piperazine rings is 1. The Bertz CT molecular complexity index is 715. The van der Waals surface area contributed by atoms with E-state index in [9.17, 15) is 5.11 Å². The van der Waals surface area contributed by atoms with Crippen molar-refractivity contribution in [2.45, 2.75) is 65.2 Å². The molecule has 33 heavy (non-hydrogen) atoms. The average molecular weight is 504 g/mol. The first-order valence-corrected chi connectivity index (χ1v) is 12.0. The smallest absolute Gasteiger partial charge is 0.231 e. The van der Waals surface area contributed by atoms with Crippen molar-refractivity contribution in [3.05, 3.63) is 23.8 Å². The minimum atomic E-state index is -0.402. The van der Waals surface area contributed by atoms with Gasteiger partial charge in [0, 0.05) is 39.3 Å². The molecule has 1 aromatic rings. The molecular weight excluding hydrogens is 463 g/mol. The van der Waals surface area contributed by atoms with E-state index < -0.39 is 6.10 Å². The largest absolute Gasteiger partial charge is 1.00 e. The molecule has 4 rings (SSSR count). The molecule has 3 aliphatic rings. The lowest BCUT2D eigenvalue weighted by Crippen LogP contribution is -3.00. The van der Waals surface area contributed by atoms with E-state index in [0.717, 1.165) is 63.0 Å². The van der Waals surface area contributed by atoms with E-state index in [1.165, 1.54) is 18.4 Å². The maximum atomic E-state index is 10.5. The first-order valence-electron chi connectivity index (χ1n) is 12.0. The predicted molar refractivity (Wildman–Crippen MR) is 121 cm³/mol. The molecule has 0 bridgehead atoms. The molecule has 1 atom stereocenters. The summed E-state index contributed by atoms with van der Waals surface area (Å²) in [7, 11) is 0. The lowest BCUT2D eigenvalue weighted by Gasteiger charge is -2.37. The lowest BCUT2D eigenvalue weighted by molar-refractivity contribution is -0.0473. The van der Waals surface area contributed by atoms with Crippen LogP contribution >= 0.6 is 0 Å². The third kappa shape index (κ3) is 8.15. The van der Waals surface area contributed by atoms with Crippen LogP contribution in [0.3, 0.4) is 0 Å². The Labute approximate surface area is 211 Å². The summed E-state index contributed by atoms with van der Waals surface area (Å²) in [5.41, 5.74) is 1.65. The number of hydrogen-bond acceptors (Lipinski definition) is 6. The maximum Gasteiger partial charge on any atom is 0.231 e. The van der Waals surface area contributed by atoms with Gasteiger partial charge < -0.3 is 44.1 Å². The van der Waals surface area contributed by atoms with Gasteiger partial charge in [-0.15, -0.1) is 0 Å². The first-order chi connectivity index (χ1) is 14.9. The fourth-order valence-electron chi connectivity index (χ4n) is 5.12. The molecule has 1 aliphatic carbocycles. The van der Waals surface area contributed by atoms with Gasteiger partial charge in [0.2, 0.25) is 6.79 Å². The lowest BCUT2D eigenvalue weighted by atomic mass is 9.72. The van der Waals surface area contributed by atoms with Crippen LogP contribution in [0.5, 0.6) is 11.5 Å². The van der Waals surface area contributed by atoms with Gasteiger partial charge in [-0.1, -0.05) is 26.8 Å². The zero-order chi connectivity index (χ0) is 21.8. The number of halogens is 2. The number of rotatable bonds is 7. The first kappa shape index (κ1) is 28.5. The summed E-state index contributed by atoms with van der Waals surface area (Å²) in [5, 5.41) is 10.5. The summed E-state index contributed by atoms with van der Waals surface area (Å²) >= 11 is 0. The summed E-state index contributed by atoms with van der Waals surface area (Å²) in [6, 6.07) is 6.21. The van der Waals surface area contributed by atoms with Crippen LogP contribution < -0.4 is 34.3 Å². The summed E-state index contributed by atoms with van der Waals surface area (Å²) in [5.74, 6) is 2.49. The van der Waals surface area contributed by atoms with Gasteiger partial charge in [0.15, 0.2) is 11.5 Å². The van der Waals surface area contributed by atoms with E-state index in [-0.39, 0.29) is 24.8 Å². The second kappa shape index (κ2) is 12.8. The van der Waals surface area contributed by atoms with Crippen LogP contribution in [-0.2, 0) is 11.3 Å². The van der Waals surface area contributed by atoms with E-state index in [1.807, 2.05) is 6.07 Å². The highest BCUT2D eigenvalue weighted by molar-refractivity contribution is 5.44. The Hall–Kier alpha value is -0.760. The van der Waals surface area contributed by atoms with E-state index in [4.69, 9.17) is 14.2 Å². The van der Waals surface area contributed by atoms with Gasteiger partial charge in [-0.3, -0.25) is 9.80 Å². The fraction of sp³-hybridized carbons (Fsp3) is 0.760. The standard InChI is InChI=1S/C25H40N2O4.2ClH/c1-25(2,3)20-5-7-22(8-6-20)29-17-21(28)16-27-12-10-26(11-13-27)15-19-4-9-23-24(14-19)31-18-30-23;;/h4,9,14,20-22,28H,5-8,10-13,15-18H2,1-3H3;2*1H/p-2. The van der Waals surface area contributed by atoms with E-state index in [1.54, 1.807) is 0 Å². The number of aliphatic hydroxyl groups excluding tert-OH is 1. The van der Waals surface area contributed by atoms with Crippen LogP contribution in [0.25, 0.3) is 0 Å². The van der Waals surface area contributed by atoms with Crippen LogP contribution in [-0.4, -0.2) is 73.2 Å². The van der Waals surface area contributed by atoms with Crippen molar-refractivity contribution in [1.29, 1.82) is 0 Å². The molecule has 2 fully saturated rings. The fourth-order valence-corrected chi connectivity index (χ4v) is 5.12.